The molecule has 0 saturated carbocycles. The number of halogens is 1. The maximum absolute atomic E-state index is 14.0. The molecule has 134 valence electrons. The number of para-hydroxylation sites is 1. The summed E-state index contributed by atoms with van der Waals surface area (Å²) in [6.45, 7) is 1.91. The highest BCUT2D eigenvalue weighted by Gasteiger charge is 2.12. The maximum Gasteiger partial charge on any atom is 0.273 e. The second-order valence-electron chi connectivity index (χ2n) is 6.33. The second kappa shape index (κ2) is 6.64. The average molecular weight is 360 g/mol. The summed E-state index contributed by atoms with van der Waals surface area (Å²) in [6.07, 6.45) is 1.58. The van der Waals surface area contributed by atoms with Gasteiger partial charge >= 0.3 is 0 Å². The van der Waals surface area contributed by atoms with E-state index < -0.39 is 0 Å². The Morgan fingerprint density at radius 1 is 1.11 bits per heavy atom. The van der Waals surface area contributed by atoms with Crippen LogP contribution in [-0.4, -0.2) is 20.7 Å². The van der Waals surface area contributed by atoms with Crippen molar-refractivity contribution in [2.45, 2.75) is 6.92 Å². The zero-order chi connectivity index (χ0) is 19.0. The third-order valence-electron chi connectivity index (χ3n) is 4.49. The first-order valence-corrected chi connectivity index (χ1v) is 8.48. The van der Waals surface area contributed by atoms with Gasteiger partial charge < -0.3 is 5.32 Å². The van der Waals surface area contributed by atoms with Gasteiger partial charge in [0, 0.05) is 29.9 Å². The van der Waals surface area contributed by atoms with Crippen LogP contribution in [0.3, 0.4) is 0 Å². The Hall–Kier alpha value is -3.54. The Labute approximate surface area is 155 Å². The fraction of sp³-hybridized carbons (Fsp3) is 0.0952. The molecule has 0 saturated heterocycles. The summed E-state index contributed by atoms with van der Waals surface area (Å²) in [7, 11) is 1.72. The molecule has 0 aliphatic heterocycles. The second-order valence-corrected chi connectivity index (χ2v) is 6.33. The third-order valence-corrected chi connectivity index (χ3v) is 4.49. The highest BCUT2D eigenvalue weighted by Crippen LogP contribution is 2.26. The Morgan fingerprint density at radius 3 is 2.70 bits per heavy atom. The van der Waals surface area contributed by atoms with Gasteiger partial charge in [0.05, 0.1) is 5.69 Å². The monoisotopic (exact) mass is 360 g/mol. The zero-order valence-electron chi connectivity index (χ0n) is 14.9. The lowest BCUT2D eigenvalue weighted by atomic mass is 10.1. The minimum Gasteiger partial charge on any atom is -0.320 e. The number of pyridine rings is 1. The van der Waals surface area contributed by atoms with E-state index in [0.717, 1.165) is 16.5 Å². The number of anilines is 1. The number of carbonyl (C=O) groups is 1. The molecule has 0 aliphatic rings. The van der Waals surface area contributed by atoms with Gasteiger partial charge in [0.2, 0.25) is 0 Å². The van der Waals surface area contributed by atoms with Crippen LogP contribution >= 0.6 is 0 Å². The Bertz CT molecular complexity index is 1170. The maximum atomic E-state index is 14.0. The van der Waals surface area contributed by atoms with Crippen molar-refractivity contribution in [3.63, 3.8) is 0 Å². The van der Waals surface area contributed by atoms with E-state index in [1.807, 2.05) is 43.3 Å². The topological polar surface area (TPSA) is 59.8 Å². The van der Waals surface area contributed by atoms with Crippen LogP contribution in [0.5, 0.6) is 0 Å². The number of hydrogen-bond acceptors (Lipinski definition) is 3. The first-order chi connectivity index (χ1) is 13.0. The third kappa shape index (κ3) is 3.17. The average Bonchev–Trinajstić information content (AvgIpc) is 3.09. The Kier molecular flexibility index (Phi) is 4.16. The molecule has 1 amide bonds. The van der Waals surface area contributed by atoms with E-state index in [1.165, 1.54) is 10.7 Å². The van der Waals surface area contributed by atoms with Crippen LogP contribution in [0.25, 0.3) is 22.2 Å². The van der Waals surface area contributed by atoms with Crippen molar-refractivity contribution in [1.29, 1.82) is 0 Å². The number of fused-ring (bicyclic) bond motifs is 1. The van der Waals surface area contributed by atoms with Crippen molar-refractivity contribution in [2.24, 2.45) is 7.05 Å². The van der Waals surface area contributed by atoms with Gasteiger partial charge in [-0.05, 0) is 42.8 Å². The molecule has 27 heavy (non-hydrogen) atoms. The fourth-order valence-corrected chi connectivity index (χ4v) is 3.02. The normalized spacial score (nSPS) is 10.9. The highest BCUT2D eigenvalue weighted by molar-refractivity contribution is 6.03. The van der Waals surface area contributed by atoms with Crippen molar-refractivity contribution in [1.82, 2.24) is 14.8 Å². The Morgan fingerprint density at radius 2 is 1.96 bits per heavy atom. The molecule has 0 bridgehead atoms. The molecule has 2 heterocycles. The number of benzene rings is 2. The molecule has 5 nitrogen and oxygen atoms in total. The van der Waals surface area contributed by atoms with E-state index in [9.17, 15) is 9.18 Å². The molecule has 0 spiro atoms. The van der Waals surface area contributed by atoms with E-state index >= 15 is 0 Å². The molecule has 0 unspecified atom stereocenters. The summed E-state index contributed by atoms with van der Waals surface area (Å²) in [4.78, 5) is 16.8. The molecule has 1 N–H and O–H groups in total. The SMILES string of the molecule is Cc1cc(-c2ccc3cccc(F)c3n2)ccc1NC(=O)c1ccnn1C. The molecular weight excluding hydrogens is 343 g/mol. The van der Waals surface area contributed by atoms with Crippen LogP contribution in [-0.2, 0) is 7.05 Å². The largest absolute Gasteiger partial charge is 0.320 e. The molecular formula is C21H17FN4O. The van der Waals surface area contributed by atoms with Gasteiger partial charge in [0.25, 0.3) is 5.91 Å². The number of amides is 1. The van der Waals surface area contributed by atoms with E-state index in [-0.39, 0.29) is 11.7 Å². The van der Waals surface area contributed by atoms with Gasteiger partial charge in [-0.15, -0.1) is 0 Å². The van der Waals surface area contributed by atoms with Crippen molar-refractivity contribution in [3.05, 3.63) is 77.9 Å². The van der Waals surface area contributed by atoms with Gasteiger partial charge in [-0.1, -0.05) is 24.3 Å². The van der Waals surface area contributed by atoms with E-state index in [4.69, 9.17) is 0 Å². The first kappa shape index (κ1) is 16.9. The number of nitrogens with one attached hydrogen (secondary N) is 1. The molecule has 0 radical (unpaired) electrons. The number of aryl methyl sites for hydroxylation is 2. The number of hydrogen-bond donors (Lipinski definition) is 1. The summed E-state index contributed by atoms with van der Waals surface area (Å²) in [5, 5.41) is 7.65. The van der Waals surface area contributed by atoms with Crippen LogP contribution in [0.4, 0.5) is 10.1 Å². The van der Waals surface area contributed by atoms with E-state index in [2.05, 4.69) is 15.4 Å². The number of nitrogens with zero attached hydrogens (tertiary/aromatic N) is 3. The summed E-state index contributed by atoms with van der Waals surface area (Å²) < 4.78 is 15.5. The van der Waals surface area contributed by atoms with Crippen LogP contribution in [0, 0.1) is 12.7 Å². The van der Waals surface area contributed by atoms with Crippen LogP contribution in [0.15, 0.2) is 60.8 Å². The van der Waals surface area contributed by atoms with Gasteiger partial charge in [0.15, 0.2) is 0 Å². The van der Waals surface area contributed by atoms with Gasteiger partial charge in [-0.2, -0.15) is 5.10 Å². The number of aromatic nitrogens is 3. The van der Waals surface area contributed by atoms with Crippen LogP contribution in [0.1, 0.15) is 16.1 Å². The number of rotatable bonds is 3. The molecule has 0 atom stereocenters. The number of carbonyl (C=O) groups excluding carboxylic acids is 1. The molecule has 2 aromatic heterocycles. The minimum atomic E-state index is -0.342. The van der Waals surface area contributed by atoms with Crippen molar-refractivity contribution in [3.8, 4) is 11.3 Å². The standard InChI is InChI=1S/C21H17FN4O/c1-13-12-15(18-9-6-14-4-3-5-16(22)20(14)24-18)7-8-17(13)25-21(27)19-10-11-23-26(19)2/h3-12H,1-2H3,(H,25,27). The minimum absolute atomic E-state index is 0.225. The fourth-order valence-electron chi connectivity index (χ4n) is 3.02. The predicted molar refractivity (Wildman–Crippen MR) is 103 cm³/mol. The van der Waals surface area contributed by atoms with E-state index in [0.29, 0.717) is 22.6 Å². The Balaban J connectivity index is 1.65. The predicted octanol–water partition coefficient (Wildman–Crippen LogP) is 4.34. The van der Waals surface area contributed by atoms with Crippen molar-refractivity contribution in [2.75, 3.05) is 5.32 Å². The van der Waals surface area contributed by atoms with Crippen molar-refractivity contribution < 1.29 is 9.18 Å². The summed E-state index contributed by atoms with van der Waals surface area (Å²) in [5.41, 5.74) is 3.96. The van der Waals surface area contributed by atoms with Crippen molar-refractivity contribution >= 4 is 22.5 Å². The smallest absolute Gasteiger partial charge is 0.273 e. The molecule has 0 fully saturated rings. The summed E-state index contributed by atoms with van der Waals surface area (Å²) >= 11 is 0. The lowest BCUT2D eigenvalue weighted by Crippen LogP contribution is -2.16. The lowest BCUT2D eigenvalue weighted by Gasteiger charge is -2.11. The van der Waals surface area contributed by atoms with Crippen LogP contribution in [0.2, 0.25) is 0 Å². The molecule has 6 heteroatoms. The molecule has 4 aromatic rings. The van der Waals surface area contributed by atoms with Gasteiger partial charge in [-0.3, -0.25) is 9.48 Å². The molecule has 2 aromatic carbocycles. The molecule has 0 aliphatic carbocycles. The summed E-state index contributed by atoms with van der Waals surface area (Å²) in [5.74, 6) is -0.567. The van der Waals surface area contributed by atoms with Gasteiger partial charge in [0.1, 0.15) is 17.0 Å². The van der Waals surface area contributed by atoms with E-state index in [1.54, 1.807) is 25.4 Å². The first-order valence-electron chi connectivity index (χ1n) is 8.48. The highest BCUT2D eigenvalue weighted by atomic mass is 19.1. The van der Waals surface area contributed by atoms with Gasteiger partial charge in [-0.25, -0.2) is 9.37 Å². The quantitative estimate of drug-likeness (QED) is 0.591. The summed E-state index contributed by atoms with van der Waals surface area (Å²) in [6, 6.07) is 15.9. The molecule has 4 rings (SSSR count). The lowest BCUT2D eigenvalue weighted by molar-refractivity contribution is 0.101. The zero-order valence-corrected chi connectivity index (χ0v) is 14.9. The van der Waals surface area contributed by atoms with Crippen LogP contribution < -0.4 is 5.32 Å².